The van der Waals surface area contributed by atoms with Crippen molar-refractivity contribution in [1.82, 2.24) is 9.88 Å². The molecule has 20 heavy (non-hydrogen) atoms. The summed E-state index contributed by atoms with van der Waals surface area (Å²) in [7, 11) is 0. The van der Waals surface area contributed by atoms with Gasteiger partial charge in [0.2, 0.25) is 5.91 Å². The minimum Gasteiger partial charge on any atom is -0.349 e. The standard InChI is InChI=1S/C13H19N3O3S/c17-11(15-13-14-4-8-20-13)9-16-5-2-1-3-10(16)12-18-6-7-19-12/h4,8,10,12H,1-3,5-7,9H2,(H,14,15,17). The molecule has 2 saturated heterocycles. The lowest BCUT2D eigenvalue weighted by Crippen LogP contribution is -2.50. The van der Waals surface area contributed by atoms with E-state index in [1.54, 1.807) is 6.20 Å². The van der Waals surface area contributed by atoms with Crippen LogP contribution in [0.4, 0.5) is 5.13 Å². The minimum absolute atomic E-state index is 0.0233. The number of thiazole rings is 1. The van der Waals surface area contributed by atoms with Crippen LogP contribution in [0.15, 0.2) is 11.6 Å². The second-order valence-electron chi connectivity index (χ2n) is 5.03. The molecule has 0 aromatic carbocycles. The number of carbonyl (C=O) groups excluding carboxylic acids is 1. The molecule has 2 fully saturated rings. The Labute approximate surface area is 122 Å². The van der Waals surface area contributed by atoms with E-state index in [2.05, 4.69) is 15.2 Å². The highest BCUT2D eigenvalue weighted by Crippen LogP contribution is 2.24. The first kappa shape index (κ1) is 13.9. The number of carbonyl (C=O) groups is 1. The average molecular weight is 297 g/mol. The number of nitrogens with zero attached hydrogens (tertiary/aromatic N) is 2. The highest BCUT2D eigenvalue weighted by atomic mass is 32.1. The SMILES string of the molecule is O=C(CN1CCCCC1C1OCCO1)Nc1nccs1. The number of likely N-dealkylation sites (tertiary alicyclic amines) is 1. The summed E-state index contributed by atoms with van der Waals surface area (Å²) >= 11 is 1.43. The van der Waals surface area contributed by atoms with Gasteiger partial charge in [-0.3, -0.25) is 9.69 Å². The van der Waals surface area contributed by atoms with E-state index in [-0.39, 0.29) is 18.2 Å². The first-order chi connectivity index (χ1) is 9.83. The fraction of sp³-hybridized carbons (Fsp3) is 0.692. The summed E-state index contributed by atoms with van der Waals surface area (Å²) < 4.78 is 11.2. The number of nitrogens with one attached hydrogen (secondary N) is 1. The van der Waals surface area contributed by atoms with Crippen molar-refractivity contribution in [2.45, 2.75) is 31.6 Å². The second-order valence-corrected chi connectivity index (χ2v) is 5.92. The van der Waals surface area contributed by atoms with Crippen LogP contribution in [0.5, 0.6) is 0 Å². The fourth-order valence-corrected chi connectivity index (χ4v) is 3.29. The molecule has 1 aromatic heterocycles. The molecule has 0 aliphatic carbocycles. The van der Waals surface area contributed by atoms with Crippen LogP contribution in [0, 0.1) is 0 Å². The Bertz CT molecular complexity index is 434. The van der Waals surface area contributed by atoms with E-state index in [1.165, 1.54) is 17.8 Å². The van der Waals surface area contributed by atoms with Crippen molar-refractivity contribution in [3.8, 4) is 0 Å². The van der Waals surface area contributed by atoms with Crippen LogP contribution in [0.25, 0.3) is 0 Å². The molecule has 1 N–H and O–H groups in total. The van der Waals surface area contributed by atoms with Gasteiger partial charge in [-0.1, -0.05) is 6.42 Å². The highest BCUT2D eigenvalue weighted by molar-refractivity contribution is 7.13. The largest absolute Gasteiger partial charge is 0.349 e. The van der Waals surface area contributed by atoms with Gasteiger partial charge in [0.1, 0.15) is 0 Å². The number of piperidine rings is 1. The zero-order valence-corrected chi connectivity index (χ0v) is 12.1. The lowest BCUT2D eigenvalue weighted by Gasteiger charge is -2.37. The maximum absolute atomic E-state index is 12.1. The molecule has 1 amide bonds. The van der Waals surface area contributed by atoms with Crippen LogP contribution >= 0.6 is 11.3 Å². The van der Waals surface area contributed by atoms with Crippen molar-refractivity contribution in [3.63, 3.8) is 0 Å². The van der Waals surface area contributed by atoms with E-state index >= 15 is 0 Å². The molecule has 2 aliphatic heterocycles. The molecule has 7 heteroatoms. The fourth-order valence-electron chi connectivity index (χ4n) is 2.75. The molecule has 1 unspecified atom stereocenters. The van der Waals surface area contributed by atoms with E-state index in [0.29, 0.717) is 24.9 Å². The third-order valence-electron chi connectivity index (χ3n) is 3.65. The monoisotopic (exact) mass is 297 g/mol. The molecule has 0 radical (unpaired) electrons. The van der Waals surface area contributed by atoms with Gasteiger partial charge in [-0.2, -0.15) is 0 Å². The van der Waals surface area contributed by atoms with Crippen LogP contribution in [0.1, 0.15) is 19.3 Å². The van der Waals surface area contributed by atoms with Crippen molar-refractivity contribution in [2.75, 3.05) is 31.6 Å². The lowest BCUT2D eigenvalue weighted by molar-refractivity contribution is -0.127. The van der Waals surface area contributed by atoms with Crippen molar-refractivity contribution >= 4 is 22.4 Å². The highest BCUT2D eigenvalue weighted by Gasteiger charge is 2.34. The number of hydrogen-bond donors (Lipinski definition) is 1. The number of hydrogen-bond acceptors (Lipinski definition) is 6. The molecule has 1 aromatic rings. The second kappa shape index (κ2) is 6.62. The molecule has 0 spiro atoms. The number of ether oxygens (including phenoxy) is 2. The van der Waals surface area contributed by atoms with Gasteiger partial charge in [-0.05, 0) is 19.4 Å². The van der Waals surface area contributed by atoms with Crippen LogP contribution < -0.4 is 5.32 Å². The Balaban J connectivity index is 1.57. The van der Waals surface area contributed by atoms with Crippen molar-refractivity contribution in [3.05, 3.63) is 11.6 Å². The van der Waals surface area contributed by atoms with Gasteiger partial charge < -0.3 is 14.8 Å². The van der Waals surface area contributed by atoms with Gasteiger partial charge in [-0.15, -0.1) is 11.3 Å². The lowest BCUT2D eigenvalue weighted by atomic mass is 10.0. The van der Waals surface area contributed by atoms with Crippen LogP contribution in [-0.4, -0.2) is 54.4 Å². The maximum atomic E-state index is 12.1. The topological polar surface area (TPSA) is 63.7 Å². The molecule has 6 nitrogen and oxygen atoms in total. The summed E-state index contributed by atoms with van der Waals surface area (Å²) in [5, 5.41) is 5.32. The number of anilines is 1. The quantitative estimate of drug-likeness (QED) is 0.908. The van der Waals surface area contributed by atoms with Gasteiger partial charge in [0.05, 0.1) is 25.8 Å². The van der Waals surface area contributed by atoms with Crippen molar-refractivity contribution < 1.29 is 14.3 Å². The molecule has 1 atom stereocenters. The Morgan fingerprint density at radius 1 is 1.45 bits per heavy atom. The molecular formula is C13H19N3O3S. The average Bonchev–Trinajstić information content (AvgIpc) is 3.11. The van der Waals surface area contributed by atoms with E-state index < -0.39 is 0 Å². The summed E-state index contributed by atoms with van der Waals surface area (Å²) in [5.74, 6) is -0.0233. The molecule has 3 rings (SSSR count). The third kappa shape index (κ3) is 3.35. The molecule has 2 aliphatic rings. The first-order valence-corrected chi connectivity index (χ1v) is 7.87. The van der Waals surface area contributed by atoms with Gasteiger partial charge in [-0.25, -0.2) is 4.98 Å². The van der Waals surface area contributed by atoms with E-state index in [4.69, 9.17) is 9.47 Å². The van der Waals surface area contributed by atoms with Gasteiger partial charge in [0.15, 0.2) is 11.4 Å². The Hall–Kier alpha value is -1.02. The van der Waals surface area contributed by atoms with Gasteiger partial charge in [0.25, 0.3) is 0 Å². The van der Waals surface area contributed by atoms with Crippen LogP contribution in [0.3, 0.4) is 0 Å². The van der Waals surface area contributed by atoms with E-state index in [0.717, 1.165) is 19.4 Å². The predicted molar refractivity (Wildman–Crippen MR) is 75.6 cm³/mol. The molecular weight excluding hydrogens is 278 g/mol. The predicted octanol–water partition coefficient (Wildman–Crippen LogP) is 1.31. The normalized spacial score (nSPS) is 24.9. The zero-order chi connectivity index (χ0) is 13.8. The molecule has 110 valence electrons. The summed E-state index contributed by atoms with van der Waals surface area (Å²) in [6.07, 6.45) is 4.81. The first-order valence-electron chi connectivity index (χ1n) is 6.99. The Morgan fingerprint density at radius 3 is 3.05 bits per heavy atom. The van der Waals surface area contributed by atoms with E-state index in [9.17, 15) is 4.79 Å². The molecule has 0 saturated carbocycles. The van der Waals surface area contributed by atoms with Gasteiger partial charge >= 0.3 is 0 Å². The van der Waals surface area contributed by atoms with Crippen LogP contribution in [-0.2, 0) is 14.3 Å². The van der Waals surface area contributed by atoms with E-state index in [1.807, 2.05) is 5.38 Å². The number of aromatic nitrogens is 1. The summed E-state index contributed by atoms with van der Waals surface area (Å²) in [6, 6.07) is 0.188. The number of amides is 1. The minimum atomic E-state index is -0.178. The van der Waals surface area contributed by atoms with Crippen molar-refractivity contribution in [2.24, 2.45) is 0 Å². The van der Waals surface area contributed by atoms with Crippen LogP contribution in [0.2, 0.25) is 0 Å². The Morgan fingerprint density at radius 2 is 2.30 bits per heavy atom. The third-order valence-corrected chi connectivity index (χ3v) is 4.34. The number of rotatable bonds is 4. The molecule has 0 bridgehead atoms. The van der Waals surface area contributed by atoms with Crippen molar-refractivity contribution in [1.29, 1.82) is 0 Å². The summed E-state index contributed by atoms with van der Waals surface area (Å²) in [6.45, 7) is 2.59. The smallest absolute Gasteiger partial charge is 0.240 e. The summed E-state index contributed by atoms with van der Waals surface area (Å²) in [5.41, 5.74) is 0. The zero-order valence-electron chi connectivity index (χ0n) is 11.3. The molecule has 3 heterocycles. The van der Waals surface area contributed by atoms with Gasteiger partial charge in [0, 0.05) is 11.6 Å². The Kier molecular flexibility index (Phi) is 4.62. The maximum Gasteiger partial charge on any atom is 0.240 e. The summed E-state index contributed by atoms with van der Waals surface area (Å²) in [4.78, 5) is 18.3.